The Bertz CT molecular complexity index is 864. The third-order valence-corrected chi connectivity index (χ3v) is 4.21. The van der Waals surface area contributed by atoms with Gasteiger partial charge in [0.05, 0.1) is 10.7 Å². The highest BCUT2D eigenvalue weighted by atomic mass is 35.5. The minimum absolute atomic E-state index is 0.554. The lowest BCUT2D eigenvalue weighted by atomic mass is 10.1. The summed E-state index contributed by atoms with van der Waals surface area (Å²) in [6.07, 6.45) is 0. The Morgan fingerprint density at radius 2 is 1.86 bits per heavy atom. The summed E-state index contributed by atoms with van der Waals surface area (Å²) in [5.74, 6) is 0.722. The van der Waals surface area contributed by atoms with Gasteiger partial charge in [-0.15, -0.1) is 0 Å². The van der Waals surface area contributed by atoms with E-state index >= 15 is 0 Å². The number of nitrogens with one attached hydrogen (secondary N) is 1. The maximum Gasteiger partial charge on any atom is 0.200 e. The topological polar surface area (TPSA) is 33.6 Å². The molecule has 3 aromatic rings. The second-order valence-corrected chi connectivity index (χ2v) is 5.68. The Hall–Kier alpha value is -1.91. The number of aromatic amines is 1. The number of aromatic nitrogens is 3. The first-order valence-electron chi connectivity index (χ1n) is 6.58. The molecule has 1 heterocycles. The Labute approximate surface area is 133 Å². The summed E-state index contributed by atoms with van der Waals surface area (Å²) in [7, 11) is 0. The zero-order chi connectivity index (χ0) is 15.0. The van der Waals surface area contributed by atoms with Gasteiger partial charge in [0.2, 0.25) is 0 Å². The number of hydrogen-bond donors (Lipinski definition) is 1. The van der Waals surface area contributed by atoms with E-state index in [4.69, 9.17) is 23.8 Å². The van der Waals surface area contributed by atoms with Crippen LogP contribution in [-0.4, -0.2) is 14.8 Å². The lowest BCUT2D eigenvalue weighted by molar-refractivity contribution is 1.02. The highest BCUT2D eigenvalue weighted by Gasteiger charge is 2.15. The molecular weight excluding hydrogens is 302 g/mol. The average molecular weight is 316 g/mol. The molecule has 3 rings (SSSR count). The molecule has 5 heteroatoms. The number of halogens is 1. The first-order chi connectivity index (χ1) is 10.1. The molecule has 0 saturated heterocycles. The van der Waals surface area contributed by atoms with Gasteiger partial charge in [-0.2, -0.15) is 5.10 Å². The van der Waals surface area contributed by atoms with Crippen LogP contribution in [0.5, 0.6) is 0 Å². The van der Waals surface area contributed by atoms with E-state index in [1.807, 2.05) is 41.0 Å². The van der Waals surface area contributed by atoms with E-state index < -0.39 is 0 Å². The third kappa shape index (κ3) is 2.41. The molecule has 1 aromatic heterocycles. The summed E-state index contributed by atoms with van der Waals surface area (Å²) in [6.45, 7) is 4.16. The largest absolute Gasteiger partial charge is 0.268 e. The molecule has 0 saturated carbocycles. The number of nitrogens with zero attached hydrogens (tertiary/aromatic N) is 2. The summed E-state index contributed by atoms with van der Waals surface area (Å²) in [6, 6.07) is 13.8. The zero-order valence-electron chi connectivity index (χ0n) is 11.7. The van der Waals surface area contributed by atoms with Crippen molar-refractivity contribution in [1.29, 1.82) is 0 Å². The van der Waals surface area contributed by atoms with Crippen molar-refractivity contribution in [3.05, 3.63) is 63.4 Å². The van der Waals surface area contributed by atoms with E-state index in [2.05, 4.69) is 30.1 Å². The molecule has 0 fully saturated rings. The fraction of sp³-hybridized carbons (Fsp3) is 0.125. The molecule has 1 N–H and O–H groups in total. The Kier molecular flexibility index (Phi) is 3.66. The van der Waals surface area contributed by atoms with Crippen LogP contribution in [0.3, 0.4) is 0 Å². The van der Waals surface area contributed by atoms with Crippen molar-refractivity contribution in [2.45, 2.75) is 13.8 Å². The number of rotatable bonds is 2. The van der Waals surface area contributed by atoms with Gasteiger partial charge in [-0.1, -0.05) is 35.9 Å². The van der Waals surface area contributed by atoms with E-state index in [9.17, 15) is 0 Å². The van der Waals surface area contributed by atoms with Gasteiger partial charge < -0.3 is 0 Å². The maximum absolute atomic E-state index is 6.30. The first-order valence-corrected chi connectivity index (χ1v) is 7.37. The lowest BCUT2D eigenvalue weighted by Crippen LogP contribution is -2.01. The van der Waals surface area contributed by atoms with Crippen molar-refractivity contribution < 1.29 is 0 Å². The molecule has 21 heavy (non-hydrogen) atoms. The molecule has 3 nitrogen and oxygen atoms in total. The van der Waals surface area contributed by atoms with Crippen molar-refractivity contribution in [2.75, 3.05) is 0 Å². The van der Waals surface area contributed by atoms with Crippen molar-refractivity contribution in [1.82, 2.24) is 14.8 Å². The average Bonchev–Trinajstić information content (AvgIpc) is 2.84. The van der Waals surface area contributed by atoms with Crippen LogP contribution in [0.15, 0.2) is 42.5 Å². The summed E-state index contributed by atoms with van der Waals surface area (Å²) in [5.41, 5.74) is 4.25. The molecule has 0 aliphatic heterocycles. The summed E-state index contributed by atoms with van der Waals surface area (Å²) in [4.78, 5) is 0. The third-order valence-electron chi connectivity index (χ3n) is 3.60. The molecule has 0 atom stereocenters. The molecule has 0 spiro atoms. The Balaban J connectivity index is 2.31. The van der Waals surface area contributed by atoms with Crippen LogP contribution in [0.25, 0.3) is 17.1 Å². The van der Waals surface area contributed by atoms with Gasteiger partial charge in [0.25, 0.3) is 0 Å². The fourth-order valence-corrected chi connectivity index (χ4v) is 2.77. The fourth-order valence-electron chi connectivity index (χ4n) is 2.32. The normalized spacial score (nSPS) is 10.8. The smallest absolute Gasteiger partial charge is 0.200 e. The summed E-state index contributed by atoms with van der Waals surface area (Å²) < 4.78 is 2.48. The number of aryl methyl sites for hydroxylation is 1. The highest BCUT2D eigenvalue weighted by molar-refractivity contribution is 7.71. The number of hydrogen-bond acceptors (Lipinski definition) is 2. The second-order valence-electron chi connectivity index (χ2n) is 4.89. The molecule has 0 radical (unpaired) electrons. The number of H-pyrrole nitrogens is 1. The van der Waals surface area contributed by atoms with Gasteiger partial charge in [0, 0.05) is 5.56 Å². The predicted molar refractivity (Wildman–Crippen MR) is 88.7 cm³/mol. The van der Waals surface area contributed by atoms with E-state index in [1.165, 1.54) is 11.1 Å². The van der Waals surface area contributed by atoms with Gasteiger partial charge in [0.1, 0.15) is 0 Å². The minimum Gasteiger partial charge on any atom is -0.268 e. The maximum atomic E-state index is 6.30. The van der Waals surface area contributed by atoms with Gasteiger partial charge in [-0.05, 0) is 55.4 Å². The molecular formula is C16H14ClN3S. The second kappa shape index (κ2) is 5.47. The molecule has 0 aliphatic carbocycles. The first kappa shape index (κ1) is 14.0. The minimum atomic E-state index is 0.554. The van der Waals surface area contributed by atoms with Crippen LogP contribution in [0.4, 0.5) is 0 Å². The quantitative estimate of drug-likeness (QED) is 0.685. The lowest BCUT2D eigenvalue weighted by Gasteiger charge is -2.12. The monoisotopic (exact) mass is 315 g/mol. The molecule has 0 amide bonds. The van der Waals surface area contributed by atoms with Crippen molar-refractivity contribution in [3.63, 3.8) is 0 Å². The predicted octanol–water partition coefficient (Wildman–Crippen LogP) is 4.87. The zero-order valence-corrected chi connectivity index (χ0v) is 13.3. The van der Waals surface area contributed by atoms with Crippen LogP contribution in [0, 0.1) is 18.6 Å². The molecule has 0 aliphatic rings. The van der Waals surface area contributed by atoms with Gasteiger partial charge >= 0.3 is 0 Å². The van der Waals surface area contributed by atoms with Crippen molar-refractivity contribution >= 4 is 23.8 Å². The van der Waals surface area contributed by atoms with Gasteiger partial charge in [-0.25, -0.2) is 0 Å². The Morgan fingerprint density at radius 1 is 1.10 bits per heavy atom. The molecule has 0 bridgehead atoms. The van der Waals surface area contributed by atoms with Crippen molar-refractivity contribution in [3.8, 4) is 17.1 Å². The van der Waals surface area contributed by atoms with E-state index in [1.54, 1.807) is 0 Å². The summed E-state index contributed by atoms with van der Waals surface area (Å²) in [5, 5.41) is 7.87. The van der Waals surface area contributed by atoms with E-state index in [-0.39, 0.29) is 0 Å². The van der Waals surface area contributed by atoms with Crippen LogP contribution in [0.1, 0.15) is 11.1 Å². The Morgan fingerprint density at radius 3 is 2.62 bits per heavy atom. The van der Waals surface area contributed by atoms with Crippen LogP contribution in [-0.2, 0) is 0 Å². The van der Waals surface area contributed by atoms with E-state index in [0.29, 0.717) is 9.79 Å². The summed E-state index contributed by atoms with van der Waals surface area (Å²) >= 11 is 11.7. The van der Waals surface area contributed by atoms with Crippen LogP contribution in [0.2, 0.25) is 5.02 Å². The van der Waals surface area contributed by atoms with Crippen LogP contribution < -0.4 is 0 Å². The highest BCUT2D eigenvalue weighted by Crippen LogP contribution is 2.29. The molecule has 106 valence electrons. The number of benzene rings is 2. The standard InChI is InChI=1S/C16H14ClN3S/c1-10-6-5-9-14(11(10)2)20-15(18-19-16(20)21)12-7-3-4-8-13(12)17/h3-9H,1-2H3,(H,19,21). The van der Waals surface area contributed by atoms with Gasteiger partial charge in [0.15, 0.2) is 10.6 Å². The SMILES string of the molecule is Cc1cccc(-n2c(-c3ccccc3Cl)n[nH]c2=S)c1C. The van der Waals surface area contributed by atoms with Crippen LogP contribution >= 0.6 is 23.8 Å². The van der Waals surface area contributed by atoms with E-state index in [0.717, 1.165) is 17.1 Å². The van der Waals surface area contributed by atoms with Crippen molar-refractivity contribution in [2.24, 2.45) is 0 Å². The molecule has 0 unspecified atom stereocenters. The van der Waals surface area contributed by atoms with Gasteiger partial charge in [-0.3, -0.25) is 9.67 Å². The molecule has 2 aromatic carbocycles.